The fourth-order valence-corrected chi connectivity index (χ4v) is 4.12. The van der Waals surface area contributed by atoms with Gasteiger partial charge in [-0.25, -0.2) is 9.97 Å². The Morgan fingerprint density at radius 1 is 1.07 bits per heavy atom. The molecule has 0 atom stereocenters. The smallest absolute Gasteiger partial charge is 0.163 e. The largest absolute Gasteiger partial charge is 0.383 e. The van der Waals surface area contributed by atoms with E-state index in [2.05, 4.69) is 36.0 Å². The third kappa shape index (κ3) is 3.03. The lowest BCUT2D eigenvalue weighted by molar-refractivity contribution is 0.631. The van der Waals surface area contributed by atoms with Gasteiger partial charge in [0.15, 0.2) is 5.82 Å². The van der Waals surface area contributed by atoms with Crippen LogP contribution in [0.3, 0.4) is 0 Å². The fourth-order valence-electron chi connectivity index (χ4n) is 2.97. The summed E-state index contributed by atoms with van der Waals surface area (Å²) in [6.07, 6.45) is 1.80. The average molecular weight is 371 g/mol. The number of thiophene rings is 1. The number of benzene rings is 1. The van der Waals surface area contributed by atoms with E-state index in [-0.39, 0.29) is 5.41 Å². The third-order valence-electron chi connectivity index (χ3n) is 4.59. The molecule has 0 spiro atoms. The van der Waals surface area contributed by atoms with Crippen LogP contribution in [0.15, 0.2) is 54.7 Å². The van der Waals surface area contributed by atoms with Crippen LogP contribution in [0.5, 0.6) is 0 Å². The van der Waals surface area contributed by atoms with E-state index in [1.807, 2.05) is 30.3 Å². The molecule has 0 amide bonds. The van der Waals surface area contributed by atoms with Crippen LogP contribution < -0.4 is 5.73 Å². The van der Waals surface area contributed by atoms with Gasteiger partial charge in [-0.3, -0.25) is 4.98 Å². The fraction of sp³-hybridized carbons (Fsp3) is 0.143. The van der Waals surface area contributed by atoms with Gasteiger partial charge in [-0.1, -0.05) is 18.2 Å². The van der Waals surface area contributed by atoms with Gasteiger partial charge in [0.2, 0.25) is 0 Å². The molecule has 27 heavy (non-hydrogen) atoms. The molecule has 0 fully saturated rings. The van der Waals surface area contributed by atoms with Crippen LogP contribution in [0.1, 0.15) is 30.0 Å². The first-order chi connectivity index (χ1) is 13.0. The highest BCUT2D eigenvalue weighted by Gasteiger charge is 2.27. The zero-order valence-electron chi connectivity index (χ0n) is 15.0. The van der Waals surface area contributed by atoms with Crippen molar-refractivity contribution >= 4 is 27.4 Å². The first kappa shape index (κ1) is 17.1. The van der Waals surface area contributed by atoms with E-state index < -0.39 is 0 Å². The maximum absolute atomic E-state index is 9.12. The number of nitriles is 1. The van der Waals surface area contributed by atoms with Crippen molar-refractivity contribution < 1.29 is 0 Å². The van der Waals surface area contributed by atoms with Crippen LogP contribution >= 0.6 is 11.3 Å². The molecule has 2 N–H and O–H groups in total. The third-order valence-corrected chi connectivity index (χ3v) is 5.95. The number of rotatable bonds is 3. The van der Waals surface area contributed by atoms with Crippen LogP contribution in [0.25, 0.3) is 21.6 Å². The quantitative estimate of drug-likeness (QED) is 0.571. The zero-order valence-corrected chi connectivity index (χ0v) is 15.8. The molecule has 0 saturated carbocycles. The second kappa shape index (κ2) is 6.45. The summed E-state index contributed by atoms with van der Waals surface area (Å²) < 4.78 is 0. The van der Waals surface area contributed by atoms with Crippen LogP contribution in [-0.2, 0) is 5.41 Å². The van der Waals surface area contributed by atoms with Gasteiger partial charge in [0.25, 0.3) is 0 Å². The van der Waals surface area contributed by atoms with E-state index in [9.17, 15) is 0 Å². The summed E-state index contributed by atoms with van der Waals surface area (Å²) in [6, 6.07) is 17.4. The second-order valence-corrected chi connectivity index (χ2v) is 7.83. The van der Waals surface area contributed by atoms with Crippen molar-refractivity contribution in [3.05, 3.63) is 70.9 Å². The van der Waals surface area contributed by atoms with Gasteiger partial charge in [-0.15, -0.1) is 11.3 Å². The summed E-state index contributed by atoms with van der Waals surface area (Å²) in [7, 11) is 0. The Hall–Kier alpha value is -3.30. The molecular weight excluding hydrogens is 354 g/mol. The number of fused-ring (bicyclic) bond motifs is 1. The highest BCUT2D eigenvalue weighted by atomic mass is 32.1. The summed E-state index contributed by atoms with van der Waals surface area (Å²) in [5.74, 6) is 0.970. The van der Waals surface area contributed by atoms with E-state index in [0.717, 1.165) is 26.4 Å². The van der Waals surface area contributed by atoms with Crippen LogP contribution in [0, 0.1) is 11.3 Å². The van der Waals surface area contributed by atoms with Gasteiger partial charge >= 0.3 is 0 Å². The standard InChI is InChI=1S/C21H17N5S/c1-21(2,16-8-3-4-9-24-16)17-11-15-18(23)25-19(26-20(15)27-17)14-7-5-6-13(10-14)12-22/h3-11H,1-2H3,(H2,23,25,26). The maximum atomic E-state index is 9.12. The molecule has 132 valence electrons. The number of anilines is 1. The number of hydrogen-bond donors (Lipinski definition) is 1. The Labute approximate surface area is 161 Å². The van der Waals surface area contributed by atoms with E-state index in [1.165, 1.54) is 0 Å². The first-order valence-corrected chi connectivity index (χ1v) is 9.30. The van der Waals surface area contributed by atoms with Crippen molar-refractivity contribution in [3.8, 4) is 17.5 Å². The maximum Gasteiger partial charge on any atom is 0.163 e. The molecule has 6 heteroatoms. The van der Waals surface area contributed by atoms with Gasteiger partial charge in [0.05, 0.1) is 22.7 Å². The van der Waals surface area contributed by atoms with Gasteiger partial charge in [-0.2, -0.15) is 5.26 Å². The molecule has 4 rings (SSSR count). The summed E-state index contributed by atoms with van der Waals surface area (Å²) >= 11 is 1.60. The highest BCUT2D eigenvalue weighted by Crippen LogP contribution is 2.39. The monoisotopic (exact) mass is 371 g/mol. The van der Waals surface area contributed by atoms with Crippen molar-refractivity contribution in [1.29, 1.82) is 5.26 Å². The molecule has 0 aliphatic heterocycles. The highest BCUT2D eigenvalue weighted by molar-refractivity contribution is 7.18. The summed E-state index contributed by atoms with van der Waals surface area (Å²) in [5.41, 5.74) is 8.31. The average Bonchev–Trinajstić information content (AvgIpc) is 3.14. The number of hydrogen-bond acceptors (Lipinski definition) is 6. The van der Waals surface area contributed by atoms with Gasteiger partial charge in [0.1, 0.15) is 10.6 Å². The summed E-state index contributed by atoms with van der Waals surface area (Å²) in [4.78, 5) is 15.6. The lowest BCUT2D eigenvalue weighted by atomic mass is 9.87. The molecule has 0 unspecified atom stereocenters. The number of nitrogens with zero attached hydrogens (tertiary/aromatic N) is 4. The Balaban J connectivity index is 1.84. The molecule has 0 saturated heterocycles. The van der Waals surface area contributed by atoms with Gasteiger partial charge in [0, 0.05) is 22.1 Å². The molecule has 0 aliphatic rings. The van der Waals surface area contributed by atoms with Crippen molar-refractivity contribution in [2.45, 2.75) is 19.3 Å². The van der Waals surface area contributed by atoms with Crippen LogP contribution in [0.2, 0.25) is 0 Å². The SMILES string of the molecule is CC(C)(c1ccccn1)c1cc2c(N)nc(-c3cccc(C#N)c3)nc2s1. The minimum atomic E-state index is -0.264. The van der Waals surface area contributed by atoms with Crippen molar-refractivity contribution in [2.24, 2.45) is 0 Å². The molecule has 0 radical (unpaired) electrons. The zero-order chi connectivity index (χ0) is 19.0. The lowest BCUT2D eigenvalue weighted by Gasteiger charge is -2.22. The number of pyridine rings is 1. The van der Waals surface area contributed by atoms with Gasteiger partial charge in [-0.05, 0) is 44.2 Å². The molecule has 0 aliphatic carbocycles. The topological polar surface area (TPSA) is 88.5 Å². The van der Waals surface area contributed by atoms with E-state index >= 15 is 0 Å². The second-order valence-electron chi connectivity index (χ2n) is 6.79. The van der Waals surface area contributed by atoms with Crippen LogP contribution in [-0.4, -0.2) is 15.0 Å². The van der Waals surface area contributed by atoms with E-state index in [4.69, 9.17) is 16.0 Å². The van der Waals surface area contributed by atoms with Crippen molar-refractivity contribution in [1.82, 2.24) is 15.0 Å². The minimum absolute atomic E-state index is 0.264. The normalized spacial score (nSPS) is 11.4. The molecule has 4 aromatic rings. The summed E-state index contributed by atoms with van der Waals surface area (Å²) in [5, 5.41) is 9.96. The van der Waals surface area contributed by atoms with Crippen LogP contribution in [0.4, 0.5) is 5.82 Å². The Morgan fingerprint density at radius 2 is 1.93 bits per heavy atom. The molecule has 3 aromatic heterocycles. The Morgan fingerprint density at radius 3 is 2.67 bits per heavy atom. The Bertz CT molecular complexity index is 1170. The van der Waals surface area contributed by atoms with E-state index in [0.29, 0.717) is 17.2 Å². The van der Waals surface area contributed by atoms with Gasteiger partial charge < -0.3 is 5.73 Å². The predicted molar refractivity (Wildman–Crippen MR) is 108 cm³/mol. The summed E-state index contributed by atoms with van der Waals surface area (Å²) in [6.45, 7) is 4.28. The van der Waals surface area contributed by atoms with Crippen molar-refractivity contribution in [2.75, 3.05) is 5.73 Å². The molecule has 0 bridgehead atoms. The first-order valence-electron chi connectivity index (χ1n) is 8.48. The number of nitrogens with two attached hydrogens (primary N) is 1. The molecular formula is C21H17N5S. The number of aromatic nitrogens is 3. The Kier molecular flexibility index (Phi) is 4.09. The molecule has 1 aromatic carbocycles. The van der Waals surface area contributed by atoms with E-state index in [1.54, 1.807) is 29.7 Å². The number of nitrogen functional groups attached to an aromatic ring is 1. The minimum Gasteiger partial charge on any atom is -0.383 e. The molecule has 5 nitrogen and oxygen atoms in total. The van der Waals surface area contributed by atoms with Crippen molar-refractivity contribution in [3.63, 3.8) is 0 Å². The molecule has 3 heterocycles. The predicted octanol–water partition coefficient (Wildman–Crippen LogP) is 4.53. The lowest BCUT2D eigenvalue weighted by Crippen LogP contribution is -2.18.